The number of amides is 1. The lowest BCUT2D eigenvalue weighted by atomic mass is 10.1. The molecule has 0 saturated heterocycles. The lowest BCUT2D eigenvalue weighted by Crippen LogP contribution is -2.41. The maximum absolute atomic E-state index is 12.4. The first kappa shape index (κ1) is 21.9. The van der Waals surface area contributed by atoms with E-state index in [9.17, 15) is 9.59 Å². The Morgan fingerprint density at radius 2 is 1.84 bits per heavy atom. The maximum atomic E-state index is 12.4. The van der Waals surface area contributed by atoms with Gasteiger partial charge in [0, 0.05) is 10.4 Å². The van der Waals surface area contributed by atoms with E-state index in [1.54, 1.807) is 6.92 Å². The zero-order chi connectivity index (χ0) is 17.7. The van der Waals surface area contributed by atoms with Crippen LogP contribution in [-0.2, 0) is 22.4 Å². The minimum absolute atomic E-state index is 0. The van der Waals surface area contributed by atoms with Gasteiger partial charge in [-0.25, -0.2) is 4.79 Å². The van der Waals surface area contributed by atoms with Gasteiger partial charge in [0.2, 0.25) is 5.91 Å². The van der Waals surface area contributed by atoms with Crippen LogP contribution in [0, 0.1) is 0 Å². The predicted octanol–water partition coefficient (Wildman–Crippen LogP) is 3.94. The van der Waals surface area contributed by atoms with Crippen molar-refractivity contribution in [2.24, 2.45) is 0 Å². The number of hydrogen-bond donors (Lipinski definition) is 2. The summed E-state index contributed by atoms with van der Waals surface area (Å²) in [6.45, 7) is 8.39. The van der Waals surface area contributed by atoms with Gasteiger partial charge in [0.1, 0.15) is 5.00 Å². The minimum atomic E-state index is -0.323. The first-order chi connectivity index (χ1) is 11.3. The third-order valence-electron chi connectivity index (χ3n) is 3.93. The lowest BCUT2D eigenvalue weighted by Gasteiger charge is -2.20. The summed E-state index contributed by atoms with van der Waals surface area (Å²) in [5, 5.41) is 6.72. The fourth-order valence-electron chi connectivity index (χ4n) is 2.77. The second-order valence-corrected chi connectivity index (χ2v) is 8.25. The minimum Gasteiger partial charge on any atom is -0.462 e. The first-order valence-corrected chi connectivity index (χ1v) is 9.50. The maximum Gasteiger partial charge on any atom is 0.341 e. The van der Waals surface area contributed by atoms with Crippen LogP contribution in [0.5, 0.6) is 0 Å². The Hall–Kier alpha value is -1.11. The fourth-order valence-corrected chi connectivity index (χ4v) is 4.06. The molecule has 1 aromatic rings. The molecule has 2 rings (SSSR count). The highest BCUT2D eigenvalue weighted by atomic mass is 35.5. The molecule has 1 aliphatic rings. The van der Waals surface area contributed by atoms with Crippen molar-refractivity contribution in [3.63, 3.8) is 0 Å². The molecule has 0 saturated carbocycles. The van der Waals surface area contributed by atoms with Crippen LogP contribution < -0.4 is 10.6 Å². The highest BCUT2D eigenvalue weighted by Gasteiger charge is 2.26. The molecule has 0 radical (unpaired) electrons. The van der Waals surface area contributed by atoms with Crippen LogP contribution in [0.2, 0.25) is 0 Å². The second-order valence-electron chi connectivity index (χ2n) is 7.14. The van der Waals surface area contributed by atoms with Crippen molar-refractivity contribution in [3.8, 4) is 0 Å². The van der Waals surface area contributed by atoms with Crippen LogP contribution in [0.4, 0.5) is 5.00 Å². The molecule has 0 spiro atoms. The molecule has 1 amide bonds. The van der Waals surface area contributed by atoms with Crippen LogP contribution in [0.15, 0.2) is 0 Å². The van der Waals surface area contributed by atoms with Crippen molar-refractivity contribution < 1.29 is 14.3 Å². The SMILES string of the molecule is CCOC(=O)c1c(NC(=O)CNC(C)(C)C)sc2c1CCCCC2.Cl. The highest BCUT2D eigenvalue weighted by molar-refractivity contribution is 7.17. The van der Waals surface area contributed by atoms with Gasteiger partial charge < -0.3 is 15.4 Å². The fraction of sp³-hybridized carbons (Fsp3) is 0.667. The number of ether oxygens (including phenoxy) is 1. The Balaban J connectivity index is 0.00000312. The van der Waals surface area contributed by atoms with Gasteiger partial charge in [-0.15, -0.1) is 23.7 Å². The van der Waals surface area contributed by atoms with E-state index >= 15 is 0 Å². The molecule has 0 aliphatic heterocycles. The van der Waals surface area contributed by atoms with Crippen LogP contribution >= 0.6 is 23.7 Å². The number of halogens is 1. The number of carbonyl (C=O) groups excluding carboxylic acids is 2. The molecule has 5 nitrogen and oxygen atoms in total. The van der Waals surface area contributed by atoms with Gasteiger partial charge in [-0.05, 0) is 58.9 Å². The van der Waals surface area contributed by atoms with Crippen LogP contribution in [0.3, 0.4) is 0 Å². The van der Waals surface area contributed by atoms with E-state index in [4.69, 9.17) is 4.74 Å². The van der Waals surface area contributed by atoms with E-state index in [-0.39, 0.29) is 36.4 Å². The van der Waals surface area contributed by atoms with E-state index in [1.807, 2.05) is 20.8 Å². The lowest BCUT2D eigenvalue weighted by molar-refractivity contribution is -0.115. The molecule has 0 unspecified atom stereocenters. The summed E-state index contributed by atoms with van der Waals surface area (Å²) >= 11 is 1.53. The first-order valence-electron chi connectivity index (χ1n) is 8.68. The van der Waals surface area contributed by atoms with E-state index < -0.39 is 0 Å². The zero-order valence-electron chi connectivity index (χ0n) is 15.5. The Bertz CT molecular complexity index is 608. The van der Waals surface area contributed by atoms with Gasteiger partial charge in [0.25, 0.3) is 0 Å². The number of nitrogens with one attached hydrogen (secondary N) is 2. The molecule has 7 heteroatoms. The quantitative estimate of drug-likeness (QED) is 0.592. The number of hydrogen-bond acceptors (Lipinski definition) is 5. The summed E-state index contributed by atoms with van der Waals surface area (Å²) < 4.78 is 5.23. The van der Waals surface area contributed by atoms with Crippen LogP contribution in [0.1, 0.15) is 67.8 Å². The van der Waals surface area contributed by atoms with Crippen molar-refractivity contribution in [2.75, 3.05) is 18.5 Å². The van der Waals surface area contributed by atoms with E-state index in [0.717, 1.165) is 31.2 Å². The monoisotopic (exact) mass is 388 g/mol. The number of aryl methyl sites for hydroxylation is 1. The Labute approximate surface area is 160 Å². The Morgan fingerprint density at radius 1 is 1.16 bits per heavy atom. The zero-order valence-corrected chi connectivity index (χ0v) is 17.1. The van der Waals surface area contributed by atoms with Gasteiger partial charge >= 0.3 is 5.97 Å². The summed E-state index contributed by atoms with van der Waals surface area (Å²) in [4.78, 5) is 25.9. The van der Waals surface area contributed by atoms with Crippen LogP contribution in [0.25, 0.3) is 0 Å². The molecule has 142 valence electrons. The van der Waals surface area contributed by atoms with Gasteiger partial charge in [-0.1, -0.05) is 6.42 Å². The average Bonchev–Trinajstić information content (AvgIpc) is 2.66. The number of rotatable bonds is 5. The summed E-state index contributed by atoms with van der Waals surface area (Å²) in [7, 11) is 0. The summed E-state index contributed by atoms with van der Waals surface area (Å²) in [5.74, 6) is -0.456. The molecule has 25 heavy (non-hydrogen) atoms. The molecular formula is C18H29ClN2O3S. The average molecular weight is 389 g/mol. The third kappa shape index (κ3) is 6.28. The number of thiophene rings is 1. The van der Waals surface area contributed by atoms with Crippen LogP contribution in [-0.4, -0.2) is 30.6 Å². The summed E-state index contributed by atoms with van der Waals surface area (Å²) in [6, 6.07) is 0. The van der Waals surface area contributed by atoms with E-state index in [1.165, 1.54) is 22.6 Å². The predicted molar refractivity (Wildman–Crippen MR) is 105 cm³/mol. The highest BCUT2D eigenvalue weighted by Crippen LogP contribution is 2.37. The molecule has 2 N–H and O–H groups in total. The normalized spacial score (nSPS) is 14.1. The smallest absolute Gasteiger partial charge is 0.341 e. The summed E-state index contributed by atoms with van der Waals surface area (Å²) in [6.07, 6.45) is 5.25. The van der Waals surface area contributed by atoms with Crippen molar-refractivity contribution >= 4 is 40.6 Å². The Kier molecular flexibility index (Phi) is 8.38. The standard InChI is InChI=1S/C18H28N2O3S.ClH/c1-5-23-17(22)15-12-9-7-6-8-10-13(12)24-16(15)20-14(21)11-19-18(2,3)4;/h19H,5-11H2,1-4H3,(H,20,21);1H. The van der Waals surface area contributed by atoms with E-state index in [0.29, 0.717) is 17.2 Å². The second kappa shape index (κ2) is 9.55. The molecule has 1 aliphatic carbocycles. The van der Waals surface area contributed by atoms with Gasteiger partial charge in [0.15, 0.2) is 0 Å². The number of fused-ring (bicyclic) bond motifs is 1. The van der Waals surface area contributed by atoms with Crippen molar-refractivity contribution in [3.05, 3.63) is 16.0 Å². The third-order valence-corrected chi connectivity index (χ3v) is 5.14. The number of esters is 1. The van der Waals surface area contributed by atoms with Crippen molar-refractivity contribution in [1.82, 2.24) is 5.32 Å². The number of carbonyl (C=O) groups is 2. The molecule has 0 fully saturated rings. The van der Waals surface area contributed by atoms with Gasteiger partial charge in [0.05, 0.1) is 18.7 Å². The topological polar surface area (TPSA) is 67.4 Å². The molecule has 1 aromatic heterocycles. The summed E-state index contributed by atoms with van der Waals surface area (Å²) in [5.41, 5.74) is 1.52. The molecule has 0 bridgehead atoms. The largest absolute Gasteiger partial charge is 0.462 e. The number of anilines is 1. The van der Waals surface area contributed by atoms with Gasteiger partial charge in [-0.2, -0.15) is 0 Å². The van der Waals surface area contributed by atoms with Gasteiger partial charge in [-0.3, -0.25) is 4.79 Å². The molecule has 0 atom stereocenters. The van der Waals surface area contributed by atoms with E-state index in [2.05, 4.69) is 10.6 Å². The molecule has 1 heterocycles. The van der Waals surface area contributed by atoms with Crippen molar-refractivity contribution in [2.45, 2.75) is 65.3 Å². The molecular weight excluding hydrogens is 360 g/mol. The van der Waals surface area contributed by atoms with Crippen molar-refractivity contribution in [1.29, 1.82) is 0 Å². The Morgan fingerprint density at radius 3 is 2.48 bits per heavy atom. The molecule has 0 aromatic carbocycles.